The molecule has 1 aromatic heterocycles. The first-order chi connectivity index (χ1) is 10.7. The molecule has 0 aliphatic heterocycles. The highest BCUT2D eigenvalue weighted by Crippen LogP contribution is 2.26. The summed E-state index contributed by atoms with van der Waals surface area (Å²) >= 11 is 3.20. The summed E-state index contributed by atoms with van der Waals surface area (Å²) in [4.78, 5) is 17.6. The highest BCUT2D eigenvalue weighted by molar-refractivity contribution is 7.98. The van der Waals surface area contributed by atoms with Crippen LogP contribution in [0, 0.1) is 0 Å². The maximum atomic E-state index is 12.4. The predicted molar refractivity (Wildman–Crippen MR) is 91.4 cm³/mol. The van der Waals surface area contributed by atoms with E-state index >= 15 is 0 Å². The van der Waals surface area contributed by atoms with Gasteiger partial charge in [0.15, 0.2) is 0 Å². The number of aliphatic hydroxyl groups excluding tert-OH is 1. The summed E-state index contributed by atoms with van der Waals surface area (Å²) in [6.45, 7) is 2.11. The monoisotopic (exact) mass is 336 g/mol. The minimum absolute atomic E-state index is 0.0521. The van der Waals surface area contributed by atoms with Gasteiger partial charge in [-0.1, -0.05) is 12.1 Å². The van der Waals surface area contributed by atoms with Crippen molar-refractivity contribution in [3.05, 3.63) is 46.4 Å². The molecule has 4 nitrogen and oxygen atoms in total. The van der Waals surface area contributed by atoms with E-state index in [0.717, 1.165) is 22.8 Å². The molecule has 0 bridgehead atoms. The van der Waals surface area contributed by atoms with Crippen LogP contribution in [-0.2, 0) is 5.75 Å². The summed E-state index contributed by atoms with van der Waals surface area (Å²) in [6.07, 6.45) is 1.47. The third-order valence-corrected chi connectivity index (χ3v) is 4.91. The van der Waals surface area contributed by atoms with Gasteiger partial charge >= 0.3 is 0 Å². The van der Waals surface area contributed by atoms with Gasteiger partial charge in [-0.2, -0.15) is 0 Å². The number of nitrogens with one attached hydrogen (secondary N) is 1. The molecule has 0 aliphatic rings. The Labute approximate surface area is 139 Å². The number of amides is 1. The van der Waals surface area contributed by atoms with E-state index in [1.165, 1.54) is 0 Å². The molecule has 0 saturated carbocycles. The molecule has 6 heteroatoms. The Kier molecular flexibility index (Phi) is 6.89. The van der Waals surface area contributed by atoms with Gasteiger partial charge in [-0.3, -0.25) is 4.79 Å². The van der Waals surface area contributed by atoms with Crippen molar-refractivity contribution in [3.63, 3.8) is 0 Å². The number of nitrogens with zero attached hydrogens (tertiary/aromatic N) is 1. The SMILES string of the molecule is CC(CCCO)NC(=O)c1ccccc1SCc1cscn1. The van der Waals surface area contributed by atoms with Gasteiger partial charge in [0.1, 0.15) is 0 Å². The Morgan fingerprint density at radius 3 is 3.00 bits per heavy atom. The molecule has 1 amide bonds. The maximum Gasteiger partial charge on any atom is 0.252 e. The molecule has 2 rings (SSSR count). The molecule has 118 valence electrons. The van der Waals surface area contributed by atoms with Crippen molar-refractivity contribution < 1.29 is 9.90 Å². The lowest BCUT2D eigenvalue weighted by atomic mass is 10.1. The molecule has 2 N–H and O–H groups in total. The fourth-order valence-corrected chi connectivity index (χ4v) is 3.63. The fraction of sp³-hybridized carbons (Fsp3) is 0.375. The van der Waals surface area contributed by atoms with Crippen LogP contribution < -0.4 is 5.32 Å². The van der Waals surface area contributed by atoms with Gasteiger partial charge in [0.05, 0.1) is 16.8 Å². The molecule has 0 radical (unpaired) electrons. The summed E-state index contributed by atoms with van der Waals surface area (Å²) in [5, 5.41) is 13.9. The molecule has 0 spiro atoms. The summed E-state index contributed by atoms with van der Waals surface area (Å²) in [5.41, 5.74) is 3.54. The number of aliphatic hydroxyl groups is 1. The number of aromatic nitrogens is 1. The standard InChI is InChI=1S/C16H20N2O2S2/c1-12(5-4-8-19)18-16(20)14-6-2-3-7-15(14)22-10-13-9-21-11-17-13/h2-3,6-7,9,11-12,19H,4-5,8,10H2,1H3,(H,18,20). The number of hydrogen-bond acceptors (Lipinski definition) is 5. The minimum Gasteiger partial charge on any atom is -0.396 e. The summed E-state index contributed by atoms with van der Waals surface area (Å²) < 4.78 is 0. The van der Waals surface area contributed by atoms with Crippen LogP contribution in [0.5, 0.6) is 0 Å². The first-order valence-corrected chi connectivity index (χ1v) is 9.14. The van der Waals surface area contributed by atoms with Crippen molar-refractivity contribution in [2.45, 2.75) is 36.5 Å². The number of thiazole rings is 1. The van der Waals surface area contributed by atoms with Gasteiger partial charge in [0.2, 0.25) is 0 Å². The Balaban J connectivity index is 1.99. The Hall–Kier alpha value is -1.37. The number of benzene rings is 1. The zero-order chi connectivity index (χ0) is 15.8. The number of thioether (sulfide) groups is 1. The molecule has 1 unspecified atom stereocenters. The average Bonchev–Trinajstić information content (AvgIpc) is 3.04. The van der Waals surface area contributed by atoms with Crippen molar-refractivity contribution >= 4 is 29.0 Å². The molecule has 1 heterocycles. The van der Waals surface area contributed by atoms with Crippen LogP contribution in [0.2, 0.25) is 0 Å². The van der Waals surface area contributed by atoms with Gasteiger partial charge in [0, 0.05) is 28.7 Å². The minimum atomic E-state index is -0.0631. The fourth-order valence-electron chi connectivity index (χ4n) is 2.01. The van der Waals surface area contributed by atoms with Crippen molar-refractivity contribution in [2.75, 3.05) is 6.61 Å². The Morgan fingerprint density at radius 2 is 2.27 bits per heavy atom. The van der Waals surface area contributed by atoms with E-state index in [2.05, 4.69) is 10.3 Å². The summed E-state index contributed by atoms with van der Waals surface area (Å²) in [6, 6.07) is 7.67. The van der Waals surface area contributed by atoms with Crippen LogP contribution in [0.3, 0.4) is 0 Å². The van der Waals surface area contributed by atoms with E-state index in [1.807, 2.05) is 42.1 Å². The lowest BCUT2D eigenvalue weighted by Gasteiger charge is -2.15. The molecule has 2 aromatic rings. The molecule has 0 fully saturated rings. The number of carbonyl (C=O) groups is 1. The third kappa shape index (κ3) is 5.12. The van der Waals surface area contributed by atoms with Crippen molar-refractivity contribution in [2.24, 2.45) is 0 Å². The van der Waals surface area contributed by atoms with E-state index in [4.69, 9.17) is 5.11 Å². The summed E-state index contributed by atoms with van der Waals surface area (Å²) in [5.74, 6) is 0.695. The normalized spacial score (nSPS) is 12.1. The van der Waals surface area contributed by atoms with Gasteiger partial charge in [-0.25, -0.2) is 4.98 Å². The second-order valence-corrected chi connectivity index (χ2v) is 6.74. The molecule has 1 atom stereocenters. The lowest BCUT2D eigenvalue weighted by molar-refractivity contribution is 0.0933. The molecule has 1 aromatic carbocycles. The largest absolute Gasteiger partial charge is 0.396 e. The smallest absolute Gasteiger partial charge is 0.252 e. The van der Waals surface area contributed by atoms with E-state index < -0.39 is 0 Å². The quantitative estimate of drug-likeness (QED) is 0.726. The maximum absolute atomic E-state index is 12.4. The first-order valence-electron chi connectivity index (χ1n) is 7.21. The van der Waals surface area contributed by atoms with E-state index in [-0.39, 0.29) is 18.6 Å². The second-order valence-electron chi connectivity index (χ2n) is 5.00. The molecule has 0 saturated heterocycles. The van der Waals surface area contributed by atoms with Crippen molar-refractivity contribution in [1.82, 2.24) is 10.3 Å². The van der Waals surface area contributed by atoms with E-state index in [0.29, 0.717) is 12.0 Å². The molecule has 0 aliphatic carbocycles. The first kappa shape index (κ1) is 17.0. The van der Waals surface area contributed by atoms with Crippen LogP contribution in [-0.4, -0.2) is 28.6 Å². The van der Waals surface area contributed by atoms with Gasteiger partial charge < -0.3 is 10.4 Å². The van der Waals surface area contributed by atoms with Crippen LogP contribution in [0.25, 0.3) is 0 Å². The third-order valence-electron chi connectivity index (χ3n) is 3.16. The lowest BCUT2D eigenvalue weighted by Crippen LogP contribution is -2.33. The molecular weight excluding hydrogens is 316 g/mol. The Bertz CT molecular complexity index is 588. The zero-order valence-electron chi connectivity index (χ0n) is 12.5. The second kappa shape index (κ2) is 8.92. The molecule has 22 heavy (non-hydrogen) atoms. The number of carbonyl (C=O) groups excluding carboxylic acids is 1. The van der Waals surface area contributed by atoms with Gasteiger partial charge in [-0.05, 0) is 31.9 Å². The predicted octanol–water partition coefficient (Wildman–Crippen LogP) is 3.33. The molecular formula is C16H20N2O2S2. The van der Waals surface area contributed by atoms with Crippen LogP contribution >= 0.6 is 23.1 Å². The van der Waals surface area contributed by atoms with E-state index in [1.54, 1.807) is 23.1 Å². The Morgan fingerprint density at radius 1 is 1.45 bits per heavy atom. The van der Waals surface area contributed by atoms with Gasteiger partial charge in [-0.15, -0.1) is 23.1 Å². The van der Waals surface area contributed by atoms with Crippen LogP contribution in [0.1, 0.15) is 35.8 Å². The van der Waals surface area contributed by atoms with Crippen molar-refractivity contribution in [1.29, 1.82) is 0 Å². The highest BCUT2D eigenvalue weighted by Gasteiger charge is 2.14. The highest BCUT2D eigenvalue weighted by atomic mass is 32.2. The van der Waals surface area contributed by atoms with E-state index in [9.17, 15) is 4.79 Å². The zero-order valence-corrected chi connectivity index (χ0v) is 14.1. The summed E-state index contributed by atoms with van der Waals surface area (Å²) in [7, 11) is 0. The topological polar surface area (TPSA) is 62.2 Å². The number of rotatable bonds is 8. The average molecular weight is 336 g/mol. The number of hydrogen-bond donors (Lipinski definition) is 2. The van der Waals surface area contributed by atoms with Gasteiger partial charge in [0.25, 0.3) is 5.91 Å². The van der Waals surface area contributed by atoms with Crippen molar-refractivity contribution in [3.8, 4) is 0 Å². The van der Waals surface area contributed by atoms with Crippen LogP contribution in [0.4, 0.5) is 0 Å². The van der Waals surface area contributed by atoms with Crippen LogP contribution in [0.15, 0.2) is 40.1 Å².